The summed E-state index contributed by atoms with van der Waals surface area (Å²) in [4.78, 5) is 37.9. The van der Waals surface area contributed by atoms with Crippen molar-refractivity contribution in [1.29, 1.82) is 0 Å². The first kappa shape index (κ1) is 42.6. The number of alkyl halides is 3. The average Bonchev–Trinajstić information content (AvgIpc) is 3.26. The number of carbonyl (C=O) groups is 3. The number of amides is 2. The molecule has 15 heteroatoms. The van der Waals surface area contributed by atoms with Crippen molar-refractivity contribution in [1.82, 2.24) is 14.9 Å². The number of carbonyl (C=O) groups excluding carboxylic acids is 2. The Morgan fingerprint density at radius 2 is 1.54 bits per heavy atom. The maximum Gasteiger partial charge on any atom is 0.490 e. The second-order valence-electron chi connectivity index (χ2n) is 14.8. The van der Waals surface area contributed by atoms with E-state index in [-0.39, 0.29) is 36.0 Å². The number of nitrogens with one attached hydrogen (secondary N) is 2. The van der Waals surface area contributed by atoms with Crippen LogP contribution in [0, 0.1) is 0 Å². The summed E-state index contributed by atoms with van der Waals surface area (Å²) in [5.41, 5.74) is 7.37. The molecule has 0 aromatic heterocycles. The molecule has 1 aliphatic heterocycles. The van der Waals surface area contributed by atoms with Crippen LogP contribution >= 0.6 is 0 Å². The van der Waals surface area contributed by atoms with Gasteiger partial charge < -0.3 is 25.8 Å². The van der Waals surface area contributed by atoms with E-state index in [4.69, 9.17) is 20.4 Å². The van der Waals surface area contributed by atoms with Gasteiger partial charge in [-0.25, -0.2) is 17.9 Å². The Bertz CT molecular complexity index is 1690. The highest BCUT2D eigenvalue weighted by atomic mass is 32.2. The molecule has 2 amide bonds. The molecule has 2 aliphatic rings. The van der Waals surface area contributed by atoms with Gasteiger partial charge >= 0.3 is 12.1 Å². The molecule has 2 aromatic rings. The second kappa shape index (κ2) is 16.9. The zero-order valence-corrected chi connectivity index (χ0v) is 31.4. The van der Waals surface area contributed by atoms with Gasteiger partial charge in [-0.3, -0.25) is 9.59 Å². The maximum atomic E-state index is 14.2. The number of halogens is 3. The summed E-state index contributed by atoms with van der Waals surface area (Å²) in [5.74, 6) is -3.59. The predicted molar refractivity (Wildman–Crippen MR) is 192 cm³/mol. The Hall–Kier alpha value is -3.79. The molecule has 1 heterocycles. The number of nitrogens with two attached hydrogens (primary N) is 1. The number of rotatable bonds is 11. The average molecular weight is 753 g/mol. The van der Waals surface area contributed by atoms with Crippen LogP contribution in [0.2, 0.25) is 0 Å². The Morgan fingerprint density at radius 3 is 2.02 bits per heavy atom. The molecule has 1 aliphatic carbocycles. The predicted octanol–water partition coefficient (Wildman–Crippen LogP) is 5.25. The molecular weight excluding hydrogens is 701 g/mol. The van der Waals surface area contributed by atoms with Gasteiger partial charge in [-0.05, 0) is 61.3 Å². The molecule has 288 valence electrons. The van der Waals surface area contributed by atoms with E-state index in [1.807, 2.05) is 61.5 Å². The van der Waals surface area contributed by atoms with Crippen LogP contribution in [-0.4, -0.2) is 79.2 Å². The summed E-state index contributed by atoms with van der Waals surface area (Å²) >= 11 is 0. The van der Waals surface area contributed by atoms with Gasteiger partial charge in [0, 0.05) is 13.1 Å². The molecule has 1 saturated carbocycles. The number of sulfonamides is 1. The van der Waals surface area contributed by atoms with E-state index >= 15 is 0 Å². The van der Waals surface area contributed by atoms with E-state index in [1.165, 1.54) is 0 Å². The third-order valence-electron chi connectivity index (χ3n) is 9.04. The van der Waals surface area contributed by atoms with E-state index in [9.17, 15) is 31.2 Å². The Kier molecular flexibility index (Phi) is 13.9. The van der Waals surface area contributed by atoms with Crippen LogP contribution in [0.4, 0.5) is 13.2 Å². The van der Waals surface area contributed by atoms with E-state index < -0.39 is 45.2 Å². The van der Waals surface area contributed by atoms with Gasteiger partial charge in [-0.1, -0.05) is 94.6 Å². The van der Waals surface area contributed by atoms with Crippen molar-refractivity contribution in [3.05, 3.63) is 76.9 Å². The first-order valence-electron chi connectivity index (χ1n) is 17.2. The first-order valence-corrected chi connectivity index (χ1v) is 18.7. The van der Waals surface area contributed by atoms with E-state index in [0.29, 0.717) is 30.5 Å². The minimum Gasteiger partial charge on any atom is -0.475 e. The number of hydrogen-bond donors (Lipinski definition) is 4. The first-order chi connectivity index (χ1) is 24.0. The molecule has 1 fully saturated rings. The molecule has 1 spiro atoms. The van der Waals surface area contributed by atoms with Crippen LogP contribution in [-0.2, 0) is 41.2 Å². The van der Waals surface area contributed by atoms with Crippen LogP contribution in [0.25, 0.3) is 4.91 Å². The van der Waals surface area contributed by atoms with Crippen molar-refractivity contribution in [3.8, 4) is 0 Å². The highest BCUT2D eigenvalue weighted by Crippen LogP contribution is 2.46. The van der Waals surface area contributed by atoms with Crippen LogP contribution in [0.15, 0.2) is 60.2 Å². The lowest BCUT2D eigenvalue weighted by Crippen LogP contribution is -2.58. The summed E-state index contributed by atoms with van der Waals surface area (Å²) in [5, 5.41) is 9.93. The number of carboxylic acid groups (broad SMARTS) is 1. The van der Waals surface area contributed by atoms with Crippen molar-refractivity contribution in [2.75, 3.05) is 19.7 Å². The van der Waals surface area contributed by atoms with Gasteiger partial charge in [0.15, 0.2) is 0 Å². The SMILES string of the molecule is CCN(CC1=C(c2ccc(C(C)(C)C)cc2)S(=O)(=O)NC12CCCCC2)C(=O)[C@@H](COCc1ccccc1)NC(=O)C(C)(C)N.O=C(O)C(F)(F)F. The highest BCUT2D eigenvalue weighted by Gasteiger charge is 2.50. The highest BCUT2D eigenvalue weighted by molar-refractivity contribution is 7.99. The lowest BCUT2D eigenvalue weighted by atomic mass is 9.76. The van der Waals surface area contributed by atoms with Gasteiger partial charge in [-0.2, -0.15) is 13.2 Å². The number of ether oxygens (including phenoxy) is 1. The smallest absolute Gasteiger partial charge is 0.475 e. The van der Waals surface area contributed by atoms with Crippen LogP contribution in [0.3, 0.4) is 0 Å². The van der Waals surface area contributed by atoms with Crippen molar-refractivity contribution < 1.29 is 45.8 Å². The fraction of sp³-hybridized carbons (Fsp3) is 0.541. The molecule has 2 aromatic carbocycles. The number of aliphatic carboxylic acids is 1. The number of carboxylic acids is 1. The van der Waals surface area contributed by atoms with Crippen molar-refractivity contribution in [3.63, 3.8) is 0 Å². The maximum absolute atomic E-state index is 14.2. The van der Waals surface area contributed by atoms with Gasteiger partial charge in [0.2, 0.25) is 21.8 Å². The summed E-state index contributed by atoms with van der Waals surface area (Å²) in [7, 11) is -3.85. The molecule has 52 heavy (non-hydrogen) atoms. The Labute approximate surface area is 304 Å². The zero-order valence-electron chi connectivity index (χ0n) is 30.6. The largest absolute Gasteiger partial charge is 0.490 e. The third-order valence-corrected chi connectivity index (χ3v) is 10.7. The summed E-state index contributed by atoms with van der Waals surface area (Å²) < 4.78 is 68.4. The fourth-order valence-corrected chi connectivity index (χ4v) is 8.10. The molecule has 0 saturated heterocycles. The summed E-state index contributed by atoms with van der Waals surface area (Å²) in [6, 6.07) is 16.3. The van der Waals surface area contributed by atoms with Gasteiger partial charge in [0.25, 0.3) is 0 Å². The number of benzene rings is 2. The zero-order chi connectivity index (χ0) is 39.1. The lowest BCUT2D eigenvalue weighted by molar-refractivity contribution is -0.192. The fourth-order valence-electron chi connectivity index (χ4n) is 6.13. The number of hydrogen-bond acceptors (Lipinski definition) is 7. The van der Waals surface area contributed by atoms with Gasteiger partial charge in [-0.15, -0.1) is 0 Å². The Balaban J connectivity index is 0.000000944. The summed E-state index contributed by atoms with van der Waals surface area (Å²) in [6.07, 6.45) is -0.943. The molecule has 0 radical (unpaired) electrons. The topological polar surface area (TPSA) is 168 Å². The van der Waals surface area contributed by atoms with Gasteiger partial charge in [0.1, 0.15) is 6.04 Å². The minimum absolute atomic E-state index is 0.0616. The summed E-state index contributed by atoms with van der Waals surface area (Å²) in [6.45, 7) is 12.0. The number of nitrogens with zero attached hydrogens (tertiary/aromatic N) is 1. The molecule has 0 unspecified atom stereocenters. The molecule has 11 nitrogen and oxygen atoms in total. The normalized spacial score (nSPS) is 17.6. The van der Waals surface area contributed by atoms with E-state index in [1.54, 1.807) is 18.7 Å². The van der Waals surface area contributed by atoms with E-state index in [2.05, 4.69) is 30.8 Å². The monoisotopic (exact) mass is 752 g/mol. The number of likely N-dealkylation sites (N-methyl/N-ethyl adjacent to an activating group) is 1. The van der Waals surface area contributed by atoms with Crippen LogP contribution in [0.5, 0.6) is 0 Å². The van der Waals surface area contributed by atoms with Crippen molar-refractivity contribution in [2.24, 2.45) is 5.73 Å². The Morgan fingerprint density at radius 1 is 0.981 bits per heavy atom. The quantitative estimate of drug-likeness (QED) is 0.242. The van der Waals surface area contributed by atoms with E-state index in [0.717, 1.165) is 30.4 Å². The van der Waals surface area contributed by atoms with Crippen LogP contribution < -0.4 is 15.8 Å². The van der Waals surface area contributed by atoms with Crippen molar-refractivity contribution >= 4 is 32.7 Å². The third kappa shape index (κ3) is 11.1. The van der Waals surface area contributed by atoms with Crippen molar-refractivity contribution in [2.45, 2.75) is 109 Å². The molecule has 5 N–H and O–H groups in total. The minimum atomic E-state index is -5.08. The van der Waals surface area contributed by atoms with Gasteiger partial charge in [0.05, 0.1) is 29.2 Å². The van der Waals surface area contributed by atoms with Crippen LogP contribution in [0.1, 0.15) is 90.3 Å². The standard InChI is InChI=1S/C35H50N4O5S.C2HF3O2/c1-7-39(31(40)29(37-32(41)34(5,6)36)24-44-23-25-14-10-8-11-15-25)22-28-30(26-16-18-27(19-17-26)33(2,3)4)45(42,43)38-35(28)20-12-9-13-21-35;3-2(4,5)1(6)7/h8,10-11,14-19,29,38H,7,9,12-13,20-24,36H2,1-6H3,(H,37,41);(H,6,7)/t29-;/m1./s1. The molecule has 0 bridgehead atoms. The molecule has 1 atom stereocenters. The lowest BCUT2D eigenvalue weighted by Gasteiger charge is -2.38. The molecule has 4 rings (SSSR count). The second-order valence-corrected chi connectivity index (χ2v) is 16.4. The molecular formula is C37H51F3N4O7S.